The van der Waals surface area contributed by atoms with Gasteiger partial charge in [0.1, 0.15) is 0 Å². The van der Waals surface area contributed by atoms with E-state index in [1.54, 1.807) is 5.56 Å². The third-order valence-corrected chi connectivity index (χ3v) is 5.86. The van der Waals surface area contributed by atoms with Crippen molar-refractivity contribution >= 4 is 36.0 Å². The van der Waals surface area contributed by atoms with E-state index in [4.69, 9.17) is 0 Å². The Morgan fingerprint density at radius 3 is 2.13 bits per heavy atom. The van der Waals surface area contributed by atoms with Gasteiger partial charge in [0.2, 0.25) is 0 Å². The first-order chi connectivity index (χ1) is 11.3. The van der Waals surface area contributed by atoms with E-state index >= 15 is 0 Å². The minimum atomic E-state index is 0.793. The molecule has 0 heterocycles. The Hall–Kier alpha value is -0.885. The van der Waals surface area contributed by atoms with E-state index in [0.717, 1.165) is 24.2 Å². The smallest absolute Gasteiger partial charge is 0.160 e. The highest BCUT2D eigenvalue weighted by Crippen LogP contribution is 2.38. The highest BCUT2D eigenvalue weighted by atomic mass is 79.9. The summed E-state index contributed by atoms with van der Waals surface area (Å²) in [6.45, 7) is 0. The van der Waals surface area contributed by atoms with Gasteiger partial charge in [0.25, 0.3) is 0 Å². The van der Waals surface area contributed by atoms with E-state index in [1.165, 1.54) is 51.0 Å². The Labute approximate surface area is 151 Å². The zero-order chi connectivity index (χ0) is 15.9. The van der Waals surface area contributed by atoms with Gasteiger partial charge in [0.05, 0.1) is 14.2 Å². The van der Waals surface area contributed by atoms with Crippen molar-refractivity contribution in [2.75, 3.05) is 0 Å². The Bertz CT molecular complexity index is 577. The maximum absolute atomic E-state index is 3.56. The van der Waals surface area contributed by atoms with Crippen LogP contribution in [0.25, 0.3) is 0 Å². The molecule has 0 aromatic heterocycles. The summed E-state index contributed by atoms with van der Waals surface area (Å²) in [7, 11) is 2.75. The zero-order valence-corrected chi connectivity index (χ0v) is 15.5. The molecule has 1 saturated carbocycles. The van der Waals surface area contributed by atoms with Gasteiger partial charge >= 0.3 is 0 Å². The van der Waals surface area contributed by atoms with E-state index in [9.17, 15) is 0 Å². The number of rotatable bonds is 6. The molecule has 4 heteroatoms. The molecule has 0 aliphatic heterocycles. The van der Waals surface area contributed by atoms with Gasteiger partial charge in [-0.15, -0.1) is 0 Å². The highest BCUT2D eigenvalue weighted by molar-refractivity contribution is 9.24. The summed E-state index contributed by atoms with van der Waals surface area (Å²) in [6, 6.07) is 20.2. The van der Waals surface area contributed by atoms with Crippen molar-refractivity contribution in [1.82, 2.24) is 0 Å². The van der Waals surface area contributed by atoms with Crippen LogP contribution in [0.5, 0.6) is 0 Å². The molecule has 0 spiro atoms. The minimum Gasteiger partial charge on any atom is -0.173 e. The molecule has 116 valence electrons. The molecule has 3 rings (SSSR count). The lowest BCUT2D eigenvalue weighted by molar-refractivity contribution is 0.443. The summed E-state index contributed by atoms with van der Waals surface area (Å²) < 4.78 is 0. The van der Waals surface area contributed by atoms with Gasteiger partial charge in [-0.25, -0.2) is 0 Å². The van der Waals surface area contributed by atoms with E-state index in [1.807, 2.05) is 0 Å². The molecule has 0 radical (unpaired) electrons. The highest BCUT2D eigenvalue weighted by Gasteiger charge is 2.22. The summed E-state index contributed by atoms with van der Waals surface area (Å²) in [6.07, 6.45) is 6.64. The largest absolute Gasteiger partial charge is 0.173 e. The maximum atomic E-state index is 3.56. The molecule has 1 aliphatic carbocycles. The molecule has 0 N–H and O–H groups in total. The van der Waals surface area contributed by atoms with Gasteiger partial charge in [0, 0.05) is 0 Å². The lowest BCUT2D eigenvalue weighted by Crippen LogP contribution is -2.20. The quantitative estimate of drug-likeness (QED) is 0.675. The second-order valence-corrected chi connectivity index (χ2v) is 7.75. The third kappa shape index (κ3) is 5.04. The van der Waals surface area contributed by atoms with Gasteiger partial charge in [-0.05, 0) is 41.9 Å². The van der Waals surface area contributed by atoms with Crippen LogP contribution >= 0.6 is 15.8 Å². The first kappa shape index (κ1) is 17.0. The first-order valence-electron chi connectivity index (χ1n) is 9.04. The van der Waals surface area contributed by atoms with Gasteiger partial charge in [-0.1, -0.05) is 73.3 Å². The van der Waals surface area contributed by atoms with Crippen LogP contribution in [0.3, 0.4) is 0 Å². The summed E-state index contributed by atoms with van der Waals surface area (Å²) >= 11 is 3.56. The third-order valence-electron chi connectivity index (χ3n) is 5.29. The van der Waals surface area contributed by atoms with Crippen LogP contribution < -0.4 is 0 Å². The van der Waals surface area contributed by atoms with E-state index in [-0.39, 0.29) is 0 Å². The molecule has 0 nitrogen and oxygen atoms in total. The monoisotopic (exact) mass is 364 g/mol. The number of halogens is 1. The van der Waals surface area contributed by atoms with Crippen molar-refractivity contribution < 1.29 is 0 Å². The van der Waals surface area contributed by atoms with Gasteiger partial charge in [0.15, 0.2) is 5.99 Å². The van der Waals surface area contributed by atoms with E-state index in [0.29, 0.717) is 0 Å². The van der Waals surface area contributed by atoms with Crippen molar-refractivity contribution in [1.29, 1.82) is 0 Å². The van der Waals surface area contributed by atoms with Crippen LogP contribution in [0.4, 0.5) is 0 Å². The Morgan fingerprint density at radius 1 is 0.826 bits per heavy atom. The van der Waals surface area contributed by atoms with Crippen LogP contribution in [0.1, 0.15) is 48.3 Å². The summed E-state index contributed by atoms with van der Waals surface area (Å²) in [5.41, 5.74) is 4.37. The second-order valence-electron chi connectivity index (χ2n) is 6.95. The molecule has 0 saturated heterocycles. The molecule has 2 aromatic rings. The average Bonchev–Trinajstić information content (AvgIpc) is 2.62. The molecule has 23 heavy (non-hydrogen) atoms. The molecule has 0 amide bonds. The maximum Gasteiger partial charge on any atom is 0.160 e. The van der Waals surface area contributed by atoms with Crippen LogP contribution in [-0.2, 0) is 6.42 Å². The predicted octanol–water partition coefficient (Wildman–Crippen LogP) is 4.17. The summed E-state index contributed by atoms with van der Waals surface area (Å²) in [5.74, 6) is 2.93. The summed E-state index contributed by atoms with van der Waals surface area (Å²) in [5, 5.41) is 0. The molecular formula is C19H24B3Br. The fraction of sp³-hybridized carbons (Fsp3) is 0.368. The SMILES string of the molecule is BrBBBC1CCC(c2ccc(Cc3ccccc3)cc2)CC1. The lowest BCUT2D eigenvalue weighted by atomic mass is 9.23. The Balaban J connectivity index is 1.54. The van der Waals surface area contributed by atoms with Crippen molar-refractivity contribution in [2.45, 2.75) is 43.8 Å². The molecule has 1 fully saturated rings. The first-order valence-corrected chi connectivity index (χ1v) is 10.2. The van der Waals surface area contributed by atoms with Crippen LogP contribution in [0, 0.1) is 0 Å². The Kier molecular flexibility index (Phi) is 6.50. The molecular weight excluding hydrogens is 341 g/mol. The number of hydrogen-bond acceptors (Lipinski definition) is 0. The molecule has 0 bridgehead atoms. The molecule has 0 unspecified atom stereocenters. The summed E-state index contributed by atoms with van der Waals surface area (Å²) in [4.78, 5) is 0. The van der Waals surface area contributed by atoms with Crippen LogP contribution in [0.2, 0.25) is 5.82 Å². The topological polar surface area (TPSA) is 0 Å². The van der Waals surface area contributed by atoms with Gasteiger partial charge in [-0.2, -0.15) is 15.8 Å². The fourth-order valence-electron chi connectivity index (χ4n) is 3.89. The lowest BCUT2D eigenvalue weighted by Gasteiger charge is -2.28. The standard InChI is InChI=1S/C19H24B3Br/c23-22-21-20-19-12-10-18(11-13-19)17-8-6-16(7-9-17)14-15-4-2-1-3-5-15/h1-9,18-22H,10-14H2. The Morgan fingerprint density at radius 2 is 1.48 bits per heavy atom. The average molecular weight is 365 g/mol. The minimum absolute atomic E-state index is 0.793. The van der Waals surface area contributed by atoms with Crippen LogP contribution in [0.15, 0.2) is 54.6 Å². The molecule has 2 aromatic carbocycles. The van der Waals surface area contributed by atoms with Crippen molar-refractivity contribution in [3.63, 3.8) is 0 Å². The molecule has 0 atom stereocenters. The zero-order valence-electron chi connectivity index (χ0n) is 13.9. The fourth-order valence-corrected chi connectivity index (χ4v) is 4.21. The molecule has 1 aliphatic rings. The van der Waals surface area contributed by atoms with E-state index in [2.05, 4.69) is 70.4 Å². The van der Waals surface area contributed by atoms with Crippen molar-refractivity contribution in [3.05, 3.63) is 71.3 Å². The predicted molar refractivity (Wildman–Crippen MR) is 111 cm³/mol. The van der Waals surface area contributed by atoms with Crippen molar-refractivity contribution in [3.8, 4) is 0 Å². The van der Waals surface area contributed by atoms with Crippen molar-refractivity contribution in [2.24, 2.45) is 0 Å². The number of benzene rings is 2. The second kappa shape index (κ2) is 8.82. The normalized spacial score (nSPS) is 20.7. The van der Waals surface area contributed by atoms with Gasteiger partial charge in [-0.3, -0.25) is 0 Å². The van der Waals surface area contributed by atoms with Crippen LogP contribution in [-0.4, -0.2) is 20.2 Å². The number of hydrogen-bond donors (Lipinski definition) is 0. The van der Waals surface area contributed by atoms with Gasteiger partial charge < -0.3 is 0 Å². The van der Waals surface area contributed by atoms with E-state index < -0.39 is 0 Å².